The van der Waals surface area contributed by atoms with Crippen LogP contribution in [0.2, 0.25) is 0 Å². The van der Waals surface area contributed by atoms with Crippen LogP contribution in [0.15, 0.2) is 23.1 Å². The van der Waals surface area contributed by atoms with Gasteiger partial charge in [0.15, 0.2) is 6.61 Å². The van der Waals surface area contributed by atoms with E-state index in [1.165, 1.54) is 16.4 Å². The number of benzene rings is 1. The lowest BCUT2D eigenvalue weighted by Crippen LogP contribution is -2.39. The first-order valence-electron chi connectivity index (χ1n) is 10.0. The minimum Gasteiger partial charge on any atom is -0.385 e. The van der Waals surface area contributed by atoms with Crippen LogP contribution in [-0.2, 0) is 14.8 Å². The largest absolute Gasteiger partial charge is 0.385 e. The van der Waals surface area contributed by atoms with E-state index in [-0.39, 0.29) is 17.4 Å². The molecular formula is C19H29N5O4S. The van der Waals surface area contributed by atoms with Crippen LogP contribution in [0.1, 0.15) is 40.0 Å². The summed E-state index contributed by atoms with van der Waals surface area (Å²) in [4.78, 5) is 18.6. The van der Waals surface area contributed by atoms with Gasteiger partial charge in [0.1, 0.15) is 11.0 Å². The molecule has 1 fully saturated rings. The normalized spacial score (nSPS) is 18.3. The average Bonchev–Trinajstić information content (AvgIpc) is 3.08. The van der Waals surface area contributed by atoms with Crippen LogP contribution in [0.25, 0.3) is 11.0 Å². The van der Waals surface area contributed by atoms with E-state index < -0.39 is 10.0 Å². The summed E-state index contributed by atoms with van der Waals surface area (Å²) in [5, 5.41) is 10.6. The van der Waals surface area contributed by atoms with Gasteiger partial charge in [-0.05, 0) is 54.5 Å². The maximum absolute atomic E-state index is 13.0. The van der Waals surface area contributed by atoms with E-state index in [1.807, 2.05) is 0 Å². The van der Waals surface area contributed by atoms with Crippen LogP contribution in [0.5, 0.6) is 0 Å². The maximum atomic E-state index is 13.0. The van der Waals surface area contributed by atoms with E-state index in [4.69, 9.17) is 4.84 Å². The van der Waals surface area contributed by atoms with Crippen LogP contribution >= 0.6 is 0 Å². The third kappa shape index (κ3) is 5.24. The van der Waals surface area contributed by atoms with Gasteiger partial charge in [-0.2, -0.15) is 4.31 Å². The number of hydrogen-bond donors (Lipinski definition) is 1. The molecular weight excluding hydrogens is 394 g/mol. The Kier molecular flexibility index (Phi) is 6.74. The lowest BCUT2D eigenvalue weighted by molar-refractivity contribution is -0.126. The molecule has 1 aliphatic heterocycles. The van der Waals surface area contributed by atoms with Gasteiger partial charge in [-0.25, -0.2) is 8.42 Å². The lowest BCUT2D eigenvalue weighted by atomic mass is 10.0. The zero-order valence-corrected chi connectivity index (χ0v) is 18.0. The first kappa shape index (κ1) is 21.5. The van der Waals surface area contributed by atoms with Crippen molar-refractivity contribution in [1.82, 2.24) is 24.8 Å². The zero-order chi connectivity index (χ0) is 21.0. The first-order valence-corrected chi connectivity index (χ1v) is 11.5. The standard InChI is InChI=1S/C19H29N5O4S/c1-14(2)8-9-20-19(25)13-28-24-18-11-16(6-7-17(18)21-22-24)29(26,27)23-10-4-5-15(3)12-23/h6-7,11,14-15H,4-5,8-10,12-13H2,1-3H3,(H,20,25)/t15-/m1/s1. The summed E-state index contributed by atoms with van der Waals surface area (Å²) in [7, 11) is -3.60. The van der Waals surface area contributed by atoms with Crippen molar-refractivity contribution in [3.63, 3.8) is 0 Å². The number of sulfonamides is 1. The first-order chi connectivity index (χ1) is 13.8. The van der Waals surface area contributed by atoms with Crippen molar-refractivity contribution in [3.05, 3.63) is 18.2 Å². The van der Waals surface area contributed by atoms with Gasteiger partial charge >= 0.3 is 0 Å². The Morgan fingerprint density at radius 3 is 2.90 bits per heavy atom. The number of fused-ring (bicyclic) bond motifs is 1. The highest BCUT2D eigenvalue weighted by atomic mass is 32.2. The van der Waals surface area contributed by atoms with Gasteiger partial charge in [0, 0.05) is 19.6 Å². The molecule has 1 saturated heterocycles. The Balaban J connectivity index is 1.72. The lowest BCUT2D eigenvalue weighted by Gasteiger charge is -2.30. The molecule has 1 aromatic heterocycles. The highest BCUT2D eigenvalue weighted by Gasteiger charge is 2.29. The average molecular weight is 424 g/mol. The van der Waals surface area contributed by atoms with Crippen LogP contribution < -0.4 is 10.2 Å². The second-order valence-corrected chi connectivity index (χ2v) is 9.97. The number of nitrogens with zero attached hydrogens (tertiary/aromatic N) is 4. The molecule has 29 heavy (non-hydrogen) atoms. The molecule has 1 amide bonds. The van der Waals surface area contributed by atoms with Crippen LogP contribution in [-0.4, -0.2) is 60.0 Å². The second kappa shape index (κ2) is 9.08. The second-order valence-electron chi connectivity index (χ2n) is 8.03. The van der Waals surface area contributed by atoms with Crippen molar-refractivity contribution >= 4 is 27.0 Å². The monoisotopic (exact) mass is 423 g/mol. The Hall–Kier alpha value is -2.20. The molecule has 0 unspecified atom stereocenters. The number of carbonyl (C=O) groups excluding carboxylic acids is 1. The Labute approximate surface area is 171 Å². The molecule has 0 aliphatic carbocycles. The number of piperidine rings is 1. The van der Waals surface area contributed by atoms with E-state index >= 15 is 0 Å². The maximum Gasteiger partial charge on any atom is 0.260 e. The molecule has 0 spiro atoms. The molecule has 160 valence electrons. The Morgan fingerprint density at radius 1 is 1.38 bits per heavy atom. The number of rotatable bonds is 8. The molecule has 2 heterocycles. The molecule has 0 saturated carbocycles. The highest BCUT2D eigenvalue weighted by Crippen LogP contribution is 2.25. The van der Waals surface area contributed by atoms with E-state index in [9.17, 15) is 13.2 Å². The van der Waals surface area contributed by atoms with Crippen LogP contribution in [0, 0.1) is 11.8 Å². The molecule has 1 aromatic carbocycles. The summed E-state index contributed by atoms with van der Waals surface area (Å²) in [6.07, 6.45) is 2.78. The Bertz CT molecular complexity index is 957. The summed E-state index contributed by atoms with van der Waals surface area (Å²) in [6.45, 7) is 7.62. The minimum absolute atomic E-state index is 0.174. The predicted octanol–water partition coefficient (Wildman–Crippen LogP) is 1.44. The van der Waals surface area contributed by atoms with Gasteiger partial charge in [-0.1, -0.05) is 25.6 Å². The fourth-order valence-electron chi connectivity index (χ4n) is 3.32. The summed E-state index contributed by atoms with van der Waals surface area (Å²) >= 11 is 0. The van der Waals surface area contributed by atoms with Gasteiger partial charge in [0.05, 0.1) is 4.90 Å². The molecule has 1 N–H and O–H groups in total. The quantitative estimate of drug-likeness (QED) is 0.689. The fraction of sp³-hybridized carbons (Fsp3) is 0.632. The Morgan fingerprint density at radius 2 is 2.17 bits per heavy atom. The van der Waals surface area contributed by atoms with Gasteiger partial charge in [0.25, 0.3) is 5.91 Å². The highest BCUT2D eigenvalue weighted by molar-refractivity contribution is 7.89. The van der Waals surface area contributed by atoms with Crippen LogP contribution in [0.3, 0.4) is 0 Å². The molecule has 0 bridgehead atoms. The molecule has 0 radical (unpaired) electrons. The summed E-state index contributed by atoms with van der Waals surface area (Å²) in [5.41, 5.74) is 0.905. The van der Waals surface area contributed by atoms with Gasteiger partial charge in [-0.3, -0.25) is 4.79 Å². The third-order valence-corrected chi connectivity index (χ3v) is 6.87. The number of nitrogens with one attached hydrogen (secondary N) is 1. The summed E-state index contributed by atoms with van der Waals surface area (Å²) in [6, 6.07) is 4.64. The van der Waals surface area contributed by atoms with Crippen LogP contribution in [0.4, 0.5) is 0 Å². The van der Waals surface area contributed by atoms with Crippen molar-refractivity contribution in [2.45, 2.75) is 44.9 Å². The molecule has 10 heteroatoms. The summed E-state index contributed by atoms with van der Waals surface area (Å²) < 4.78 is 27.6. The molecule has 9 nitrogen and oxygen atoms in total. The topological polar surface area (TPSA) is 106 Å². The van der Waals surface area contributed by atoms with Crippen molar-refractivity contribution < 1.29 is 18.0 Å². The van der Waals surface area contributed by atoms with E-state index in [2.05, 4.69) is 36.4 Å². The van der Waals surface area contributed by atoms with Gasteiger partial charge in [0.2, 0.25) is 10.0 Å². The zero-order valence-electron chi connectivity index (χ0n) is 17.2. The predicted molar refractivity (Wildman–Crippen MR) is 109 cm³/mol. The van der Waals surface area contributed by atoms with E-state index in [1.54, 1.807) is 6.07 Å². The number of hydrogen-bond acceptors (Lipinski definition) is 6. The van der Waals surface area contributed by atoms with Crippen molar-refractivity contribution in [2.24, 2.45) is 11.8 Å². The van der Waals surface area contributed by atoms with E-state index in [0.29, 0.717) is 42.5 Å². The van der Waals surface area contributed by atoms with Gasteiger partial charge < -0.3 is 10.2 Å². The summed E-state index contributed by atoms with van der Waals surface area (Å²) in [5.74, 6) is 0.575. The van der Waals surface area contributed by atoms with Gasteiger partial charge in [-0.15, -0.1) is 5.10 Å². The number of aromatic nitrogens is 3. The minimum atomic E-state index is -3.60. The third-order valence-electron chi connectivity index (χ3n) is 5.01. The fourth-order valence-corrected chi connectivity index (χ4v) is 4.94. The number of amides is 1. The smallest absolute Gasteiger partial charge is 0.260 e. The van der Waals surface area contributed by atoms with Crippen molar-refractivity contribution in [3.8, 4) is 0 Å². The van der Waals surface area contributed by atoms with Crippen molar-refractivity contribution in [2.75, 3.05) is 26.2 Å². The molecule has 2 aromatic rings. The SMILES string of the molecule is CC(C)CCNC(=O)COn1nnc2ccc(S(=O)(=O)N3CCC[C@@H](C)C3)cc21. The molecule has 3 rings (SSSR count). The van der Waals surface area contributed by atoms with Crippen molar-refractivity contribution in [1.29, 1.82) is 0 Å². The number of carbonyl (C=O) groups is 1. The molecule has 1 aliphatic rings. The van der Waals surface area contributed by atoms with E-state index in [0.717, 1.165) is 24.1 Å². The molecule has 1 atom stereocenters.